The molecule has 0 unspecified atom stereocenters. The van der Waals surface area contributed by atoms with Gasteiger partial charge in [-0.05, 0) is 36.5 Å². The van der Waals surface area contributed by atoms with Crippen LogP contribution in [0.1, 0.15) is 52.5 Å². The van der Waals surface area contributed by atoms with Gasteiger partial charge in [0.15, 0.2) is 0 Å². The standard InChI is InChI=1S/C22H24ClN3O/c1-14(2)18-12-8-9-15(3)20(18)24-22(27)19-16(4)25-26(21(19)23)13-17-10-6-5-7-11-17/h5-12,14H,13H2,1-4H3,(H,24,27). The van der Waals surface area contributed by atoms with Crippen molar-refractivity contribution < 1.29 is 4.79 Å². The van der Waals surface area contributed by atoms with E-state index in [-0.39, 0.29) is 5.91 Å². The predicted molar refractivity (Wildman–Crippen MR) is 111 cm³/mol. The first kappa shape index (κ1) is 19.2. The summed E-state index contributed by atoms with van der Waals surface area (Å²) in [5.74, 6) is 0.0746. The van der Waals surface area contributed by atoms with E-state index in [0.29, 0.717) is 28.9 Å². The summed E-state index contributed by atoms with van der Waals surface area (Å²) in [6.45, 7) is 8.55. The summed E-state index contributed by atoms with van der Waals surface area (Å²) >= 11 is 6.52. The van der Waals surface area contributed by atoms with Gasteiger partial charge in [0.2, 0.25) is 0 Å². The van der Waals surface area contributed by atoms with Crippen LogP contribution in [0.2, 0.25) is 5.15 Å². The number of halogens is 1. The Morgan fingerprint density at radius 3 is 2.48 bits per heavy atom. The van der Waals surface area contributed by atoms with E-state index in [2.05, 4.69) is 24.3 Å². The minimum Gasteiger partial charge on any atom is -0.321 e. The molecule has 0 saturated heterocycles. The molecule has 0 fully saturated rings. The van der Waals surface area contributed by atoms with Gasteiger partial charge >= 0.3 is 0 Å². The number of rotatable bonds is 5. The first-order valence-electron chi connectivity index (χ1n) is 9.06. The van der Waals surface area contributed by atoms with Crippen molar-refractivity contribution in [2.24, 2.45) is 0 Å². The molecule has 0 bridgehead atoms. The summed E-state index contributed by atoms with van der Waals surface area (Å²) in [5, 5.41) is 7.89. The molecule has 0 saturated carbocycles. The largest absolute Gasteiger partial charge is 0.321 e. The van der Waals surface area contributed by atoms with Crippen molar-refractivity contribution in [1.82, 2.24) is 9.78 Å². The molecule has 1 aromatic heterocycles. The van der Waals surface area contributed by atoms with Crippen LogP contribution in [0.3, 0.4) is 0 Å². The molecular formula is C22H24ClN3O. The highest BCUT2D eigenvalue weighted by Gasteiger charge is 2.22. The van der Waals surface area contributed by atoms with Gasteiger partial charge in [0, 0.05) is 5.69 Å². The van der Waals surface area contributed by atoms with E-state index in [0.717, 1.165) is 22.4 Å². The molecule has 27 heavy (non-hydrogen) atoms. The van der Waals surface area contributed by atoms with Crippen LogP contribution in [0.25, 0.3) is 0 Å². The van der Waals surface area contributed by atoms with Crippen LogP contribution in [0.4, 0.5) is 5.69 Å². The Morgan fingerprint density at radius 2 is 1.81 bits per heavy atom. The lowest BCUT2D eigenvalue weighted by Gasteiger charge is -2.16. The predicted octanol–water partition coefficient (Wildman–Crippen LogP) is 5.58. The number of carbonyl (C=O) groups excluding carboxylic acids is 1. The second-order valence-electron chi connectivity index (χ2n) is 7.04. The second-order valence-corrected chi connectivity index (χ2v) is 7.40. The van der Waals surface area contributed by atoms with Gasteiger partial charge in [-0.2, -0.15) is 5.10 Å². The fraction of sp³-hybridized carbons (Fsp3) is 0.273. The van der Waals surface area contributed by atoms with Crippen LogP contribution >= 0.6 is 11.6 Å². The number of carbonyl (C=O) groups is 1. The van der Waals surface area contributed by atoms with Gasteiger partial charge in [0.25, 0.3) is 5.91 Å². The number of hydrogen-bond acceptors (Lipinski definition) is 2. The SMILES string of the molecule is Cc1cccc(C(C)C)c1NC(=O)c1c(C)nn(Cc2ccccc2)c1Cl. The van der Waals surface area contributed by atoms with E-state index in [1.807, 2.05) is 62.4 Å². The highest BCUT2D eigenvalue weighted by molar-refractivity contribution is 6.33. The van der Waals surface area contributed by atoms with E-state index >= 15 is 0 Å². The molecule has 2 aromatic carbocycles. The first-order valence-corrected chi connectivity index (χ1v) is 9.44. The molecular weight excluding hydrogens is 358 g/mol. The minimum atomic E-state index is -0.229. The van der Waals surface area contributed by atoms with Crippen molar-refractivity contribution in [3.8, 4) is 0 Å². The summed E-state index contributed by atoms with van der Waals surface area (Å²) in [6.07, 6.45) is 0. The zero-order valence-electron chi connectivity index (χ0n) is 16.1. The number of anilines is 1. The number of amides is 1. The minimum absolute atomic E-state index is 0.229. The zero-order valence-corrected chi connectivity index (χ0v) is 16.8. The normalized spacial score (nSPS) is 11.0. The van der Waals surface area contributed by atoms with Crippen molar-refractivity contribution >= 4 is 23.2 Å². The molecule has 1 heterocycles. The maximum absolute atomic E-state index is 13.0. The van der Waals surface area contributed by atoms with Gasteiger partial charge in [0.05, 0.1) is 17.8 Å². The van der Waals surface area contributed by atoms with Gasteiger partial charge in [-0.15, -0.1) is 0 Å². The first-order chi connectivity index (χ1) is 12.9. The lowest BCUT2D eigenvalue weighted by atomic mass is 9.98. The van der Waals surface area contributed by atoms with Crippen LogP contribution in [0, 0.1) is 13.8 Å². The number of hydrogen-bond donors (Lipinski definition) is 1. The fourth-order valence-corrected chi connectivity index (χ4v) is 3.51. The van der Waals surface area contributed by atoms with E-state index in [1.165, 1.54) is 0 Å². The Bertz CT molecular complexity index is 961. The highest BCUT2D eigenvalue weighted by atomic mass is 35.5. The summed E-state index contributed by atoms with van der Waals surface area (Å²) in [4.78, 5) is 13.0. The summed E-state index contributed by atoms with van der Waals surface area (Å²) in [6, 6.07) is 16.0. The number of aromatic nitrogens is 2. The smallest absolute Gasteiger partial charge is 0.260 e. The van der Waals surface area contributed by atoms with E-state index < -0.39 is 0 Å². The Labute approximate surface area is 165 Å². The van der Waals surface area contributed by atoms with Crippen molar-refractivity contribution in [2.45, 2.75) is 40.2 Å². The monoisotopic (exact) mass is 381 g/mol. The van der Waals surface area contributed by atoms with Crippen LogP contribution in [0.5, 0.6) is 0 Å². The maximum atomic E-state index is 13.0. The van der Waals surface area contributed by atoms with Crippen molar-refractivity contribution in [1.29, 1.82) is 0 Å². The topological polar surface area (TPSA) is 46.9 Å². The molecule has 3 rings (SSSR count). The quantitative estimate of drug-likeness (QED) is 0.627. The van der Waals surface area contributed by atoms with Crippen LogP contribution < -0.4 is 5.32 Å². The lowest BCUT2D eigenvalue weighted by Crippen LogP contribution is -2.16. The molecule has 140 valence electrons. The Kier molecular flexibility index (Phi) is 5.66. The molecule has 0 aliphatic rings. The molecule has 4 nitrogen and oxygen atoms in total. The van der Waals surface area contributed by atoms with Crippen LogP contribution in [0.15, 0.2) is 48.5 Å². The molecule has 1 amide bonds. The molecule has 0 atom stereocenters. The van der Waals surface area contributed by atoms with Gasteiger partial charge in [-0.1, -0.05) is 74.0 Å². The van der Waals surface area contributed by atoms with Crippen molar-refractivity contribution in [3.63, 3.8) is 0 Å². The molecule has 0 aliphatic heterocycles. The van der Waals surface area contributed by atoms with Crippen LogP contribution in [-0.4, -0.2) is 15.7 Å². The molecule has 0 spiro atoms. The lowest BCUT2D eigenvalue weighted by molar-refractivity contribution is 0.102. The van der Waals surface area contributed by atoms with Crippen LogP contribution in [-0.2, 0) is 6.54 Å². The third-order valence-electron chi connectivity index (χ3n) is 4.63. The average molecular weight is 382 g/mol. The maximum Gasteiger partial charge on any atom is 0.260 e. The molecule has 3 aromatic rings. The van der Waals surface area contributed by atoms with Crippen molar-refractivity contribution in [2.75, 3.05) is 5.32 Å². The van der Waals surface area contributed by atoms with Gasteiger partial charge in [-0.25, -0.2) is 4.68 Å². The van der Waals surface area contributed by atoms with E-state index in [1.54, 1.807) is 4.68 Å². The van der Waals surface area contributed by atoms with Gasteiger partial charge in [0.1, 0.15) is 5.15 Å². The number of nitrogens with one attached hydrogen (secondary N) is 1. The van der Waals surface area contributed by atoms with E-state index in [4.69, 9.17) is 11.6 Å². The molecule has 5 heteroatoms. The average Bonchev–Trinajstić information content (AvgIpc) is 2.91. The Balaban J connectivity index is 1.91. The summed E-state index contributed by atoms with van der Waals surface area (Å²) in [7, 11) is 0. The van der Waals surface area contributed by atoms with Crippen molar-refractivity contribution in [3.05, 3.63) is 81.6 Å². The summed E-state index contributed by atoms with van der Waals surface area (Å²) in [5.41, 5.74) is 5.10. The number of aryl methyl sites for hydroxylation is 2. The Morgan fingerprint density at radius 1 is 1.11 bits per heavy atom. The fourth-order valence-electron chi connectivity index (χ4n) is 3.19. The van der Waals surface area contributed by atoms with E-state index in [9.17, 15) is 4.79 Å². The number of benzene rings is 2. The molecule has 1 N–H and O–H groups in total. The number of para-hydroxylation sites is 1. The Hall–Kier alpha value is -2.59. The molecule has 0 aliphatic carbocycles. The highest BCUT2D eigenvalue weighted by Crippen LogP contribution is 2.29. The summed E-state index contributed by atoms with van der Waals surface area (Å²) < 4.78 is 1.67. The third kappa shape index (κ3) is 4.06. The second kappa shape index (κ2) is 7.97. The number of nitrogens with zero attached hydrogens (tertiary/aromatic N) is 2. The zero-order chi connectivity index (χ0) is 19.6. The molecule has 0 radical (unpaired) electrons. The van der Waals surface area contributed by atoms with Gasteiger partial charge in [-0.3, -0.25) is 4.79 Å². The van der Waals surface area contributed by atoms with Gasteiger partial charge < -0.3 is 5.32 Å². The third-order valence-corrected chi connectivity index (χ3v) is 5.02.